The first-order valence-electron chi connectivity index (χ1n) is 4.92. The summed E-state index contributed by atoms with van der Waals surface area (Å²) in [6, 6.07) is -0.809. The number of oxime groups is 1. The molecule has 96 valence electrons. The average molecular weight is 261 g/mol. The van der Waals surface area contributed by atoms with Crippen LogP contribution >= 0.6 is 0 Å². The van der Waals surface area contributed by atoms with Gasteiger partial charge in [-0.05, 0) is 13.8 Å². The lowest BCUT2D eigenvalue weighted by atomic mass is 10.3. The summed E-state index contributed by atoms with van der Waals surface area (Å²) >= 11 is 0. The molecular weight excluding hydrogens is 246 g/mol. The molecule has 1 atom stereocenters. The number of amidine groups is 1. The van der Waals surface area contributed by atoms with Gasteiger partial charge < -0.3 is 15.5 Å². The van der Waals surface area contributed by atoms with Gasteiger partial charge in [0.1, 0.15) is 0 Å². The van der Waals surface area contributed by atoms with Gasteiger partial charge in [0.2, 0.25) is 0 Å². The summed E-state index contributed by atoms with van der Waals surface area (Å²) in [5.74, 6) is -0.219. The molecule has 0 saturated heterocycles. The minimum absolute atomic E-state index is 0.100. The van der Waals surface area contributed by atoms with Crippen LogP contribution in [0.3, 0.4) is 0 Å². The van der Waals surface area contributed by atoms with Crippen molar-refractivity contribution in [2.24, 2.45) is 10.9 Å². The number of imidazole rings is 1. The molecule has 0 saturated carbocycles. The van der Waals surface area contributed by atoms with E-state index in [4.69, 9.17) is 10.9 Å². The van der Waals surface area contributed by atoms with E-state index in [9.17, 15) is 8.42 Å². The van der Waals surface area contributed by atoms with Crippen molar-refractivity contribution in [1.82, 2.24) is 14.3 Å². The minimum Gasteiger partial charge on any atom is -0.409 e. The standard InChI is InChI=1S/C8H15N5O3S/c1-3-13-4-7(10-5-13)17(15,16)12-6(2)8(9)11-14/h4-6,12,14H,3H2,1-2H3,(H2,9,11). The van der Waals surface area contributed by atoms with E-state index in [1.165, 1.54) is 19.4 Å². The van der Waals surface area contributed by atoms with E-state index >= 15 is 0 Å². The Kier molecular flexibility index (Phi) is 4.07. The largest absolute Gasteiger partial charge is 0.409 e. The third kappa shape index (κ3) is 3.17. The molecule has 1 unspecified atom stereocenters. The molecule has 1 aromatic rings. The zero-order chi connectivity index (χ0) is 13.1. The molecule has 4 N–H and O–H groups in total. The molecule has 0 aliphatic heterocycles. The van der Waals surface area contributed by atoms with E-state index in [0.717, 1.165) is 0 Å². The topological polar surface area (TPSA) is 123 Å². The van der Waals surface area contributed by atoms with Gasteiger partial charge in [-0.3, -0.25) is 0 Å². The van der Waals surface area contributed by atoms with Gasteiger partial charge in [0, 0.05) is 12.7 Å². The lowest BCUT2D eigenvalue weighted by Gasteiger charge is -2.10. The van der Waals surface area contributed by atoms with E-state index in [2.05, 4.69) is 14.9 Å². The van der Waals surface area contributed by atoms with Gasteiger partial charge in [0.25, 0.3) is 10.0 Å². The Morgan fingerprint density at radius 2 is 2.41 bits per heavy atom. The zero-order valence-corrected chi connectivity index (χ0v) is 10.3. The van der Waals surface area contributed by atoms with Gasteiger partial charge in [-0.25, -0.2) is 13.4 Å². The number of nitrogens with one attached hydrogen (secondary N) is 1. The van der Waals surface area contributed by atoms with Crippen LogP contribution in [0.15, 0.2) is 22.7 Å². The summed E-state index contributed by atoms with van der Waals surface area (Å²) in [4.78, 5) is 3.77. The predicted molar refractivity (Wildman–Crippen MR) is 61.1 cm³/mol. The Labute approximate surface area is 99.2 Å². The van der Waals surface area contributed by atoms with Crippen molar-refractivity contribution in [3.05, 3.63) is 12.5 Å². The van der Waals surface area contributed by atoms with Crippen LogP contribution in [0.1, 0.15) is 13.8 Å². The predicted octanol–water partition coefficient (Wildman–Crippen LogP) is -0.684. The molecule has 0 aliphatic carbocycles. The van der Waals surface area contributed by atoms with Crippen molar-refractivity contribution >= 4 is 15.9 Å². The molecule has 0 bridgehead atoms. The van der Waals surface area contributed by atoms with E-state index in [1.807, 2.05) is 6.92 Å². The second-order valence-electron chi connectivity index (χ2n) is 3.41. The fourth-order valence-corrected chi connectivity index (χ4v) is 2.26. The normalized spacial score (nSPS) is 14.8. The Hall–Kier alpha value is -1.61. The quantitative estimate of drug-likeness (QED) is 0.280. The number of nitrogens with two attached hydrogens (primary N) is 1. The lowest BCUT2D eigenvalue weighted by Crippen LogP contribution is -2.42. The summed E-state index contributed by atoms with van der Waals surface area (Å²) < 4.78 is 27.5. The van der Waals surface area contributed by atoms with Crippen molar-refractivity contribution in [3.8, 4) is 0 Å². The van der Waals surface area contributed by atoms with Crippen LogP contribution in [0.25, 0.3) is 0 Å². The van der Waals surface area contributed by atoms with Crippen molar-refractivity contribution < 1.29 is 13.6 Å². The van der Waals surface area contributed by atoms with E-state index in [0.29, 0.717) is 6.54 Å². The molecule has 0 radical (unpaired) electrons. The first kappa shape index (κ1) is 13.5. The van der Waals surface area contributed by atoms with Crippen LogP contribution in [0.4, 0.5) is 0 Å². The fraction of sp³-hybridized carbons (Fsp3) is 0.500. The molecule has 1 heterocycles. The number of aromatic nitrogens is 2. The highest BCUT2D eigenvalue weighted by molar-refractivity contribution is 7.89. The second-order valence-corrected chi connectivity index (χ2v) is 5.07. The van der Waals surface area contributed by atoms with Crippen LogP contribution in [0, 0.1) is 0 Å². The number of hydrogen-bond acceptors (Lipinski definition) is 5. The Bertz CT molecular complexity index is 507. The third-order valence-electron chi connectivity index (χ3n) is 2.14. The SMILES string of the molecule is CCn1cnc(S(=O)(=O)NC(C)C(N)=NO)c1. The van der Waals surface area contributed by atoms with Crippen molar-refractivity contribution in [1.29, 1.82) is 0 Å². The third-order valence-corrected chi connectivity index (χ3v) is 3.57. The summed E-state index contributed by atoms with van der Waals surface area (Å²) in [5, 5.41) is 11.1. The second kappa shape index (κ2) is 5.15. The van der Waals surface area contributed by atoms with Crippen LogP contribution < -0.4 is 10.5 Å². The highest BCUT2D eigenvalue weighted by Crippen LogP contribution is 2.05. The highest BCUT2D eigenvalue weighted by Gasteiger charge is 2.21. The lowest BCUT2D eigenvalue weighted by molar-refractivity contribution is 0.316. The monoisotopic (exact) mass is 261 g/mol. The number of nitrogens with zero attached hydrogens (tertiary/aromatic N) is 3. The van der Waals surface area contributed by atoms with Crippen LogP contribution in [0.5, 0.6) is 0 Å². The molecule has 0 amide bonds. The van der Waals surface area contributed by atoms with Gasteiger partial charge in [0.05, 0.1) is 12.4 Å². The fourth-order valence-electron chi connectivity index (χ4n) is 1.09. The van der Waals surface area contributed by atoms with Gasteiger partial charge in [-0.1, -0.05) is 5.16 Å². The maximum Gasteiger partial charge on any atom is 0.260 e. The summed E-state index contributed by atoms with van der Waals surface area (Å²) in [6.45, 7) is 3.95. The van der Waals surface area contributed by atoms with Crippen molar-refractivity contribution in [2.45, 2.75) is 31.5 Å². The highest BCUT2D eigenvalue weighted by atomic mass is 32.2. The van der Waals surface area contributed by atoms with Crippen molar-refractivity contribution in [3.63, 3.8) is 0 Å². The van der Waals surface area contributed by atoms with Crippen LogP contribution in [-0.2, 0) is 16.6 Å². The number of rotatable bonds is 5. The summed E-state index contributed by atoms with van der Waals surface area (Å²) in [5.41, 5.74) is 5.28. The number of hydrogen-bond donors (Lipinski definition) is 3. The molecular formula is C8H15N5O3S. The first-order valence-corrected chi connectivity index (χ1v) is 6.40. The van der Waals surface area contributed by atoms with Crippen molar-refractivity contribution in [2.75, 3.05) is 0 Å². The summed E-state index contributed by atoms with van der Waals surface area (Å²) in [7, 11) is -3.76. The molecule has 0 aromatic carbocycles. The Morgan fingerprint density at radius 3 is 2.88 bits per heavy atom. The molecule has 17 heavy (non-hydrogen) atoms. The molecule has 9 heteroatoms. The minimum atomic E-state index is -3.76. The average Bonchev–Trinajstić information content (AvgIpc) is 2.76. The van der Waals surface area contributed by atoms with Gasteiger partial charge >= 0.3 is 0 Å². The van der Waals surface area contributed by atoms with Gasteiger partial charge in [-0.2, -0.15) is 4.72 Å². The van der Waals surface area contributed by atoms with E-state index < -0.39 is 16.1 Å². The Balaban J connectivity index is 2.89. The summed E-state index contributed by atoms with van der Waals surface area (Å²) in [6.07, 6.45) is 2.82. The first-order chi connectivity index (χ1) is 7.90. The number of aryl methyl sites for hydroxylation is 1. The van der Waals surface area contributed by atoms with Crippen LogP contribution in [-0.4, -0.2) is 35.1 Å². The maximum absolute atomic E-state index is 11.8. The van der Waals surface area contributed by atoms with E-state index in [-0.39, 0.29) is 10.9 Å². The van der Waals surface area contributed by atoms with Gasteiger partial charge in [-0.15, -0.1) is 0 Å². The molecule has 1 rings (SSSR count). The maximum atomic E-state index is 11.8. The molecule has 0 spiro atoms. The molecule has 0 fully saturated rings. The van der Waals surface area contributed by atoms with Gasteiger partial charge in [0.15, 0.2) is 10.9 Å². The van der Waals surface area contributed by atoms with Crippen LogP contribution in [0.2, 0.25) is 0 Å². The zero-order valence-electron chi connectivity index (χ0n) is 9.53. The molecule has 0 aliphatic rings. The van der Waals surface area contributed by atoms with E-state index in [1.54, 1.807) is 4.57 Å². The molecule has 1 aromatic heterocycles. The molecule has 8 nitrogen and oxygen atoms in total. The number of sulfonamides is 1. The smallest absolute Gasteiger partial charge is 0.260 e. The Morgan fingerprint density at radius 1 is 1.76 bits per heavy atom.